The Bertz CT molecular complexity index is 1570. The Balaban J connectivity index is 1.37. The first-order valence-electron chi connectivity index (χ1n) is 16.1. The molecule has 46 heavy (non-hydrogen) atoms. The number of benzene rings is 2. The molecule has 2 N–H and O–H groups in total. The van der Waals surface area contributed by atoms with Gasteiger partial charge in [0.15, 0.2) is 5.60 Å². The van der Waals surface area contributed by atoms with Crippen molar-refractivity contribution in [1.29, 1.82) is 0 Å². The molecule has 2 aromatic carbocycles. The van der Waals surface area contributed by atoms with Gasteiger partial charge in [0.2, 0.25) is 5.91 Å². The minimum atomic E-state index is -1.91. The molecule has 3 atom stereocenters. The van der Waals surface area contributed by atoms with Gasteiger partial charge in [-0.1, -0.05) is 66.6 Å². The molecular formula is C37H45N3O6. The van der Waals surface area contributed by atoms with Gasteiger partial charge in [-0.25, -0.2) is 4.79 Å². The van der Waals surface area contributed by atoms with Crippen LogP contribution < -0.4 is 9.80 Å². The molecule has 9 heteroatoms. The van der Waals surface area contributed by atoms with Gasteiger partial charge in [0, 0.05) is 36.7 Å². The van der Waals surface area contributed by atoms with Gasteiger partial charge in [0.1, 0.15) is 6.61 Å². The van der Waals surface area contributed by atoms with Crippen LogP contribution in [0.5, 0.6) is 0 Å². The Hall–Kier alpha value is -4.21. The third-order valence-corrected chi connectivity index (χ3v) is 9.30. The zero-order valence-electron chi connectivity index (χ0n) is 27.2. The summed E-state index contributed by atoms with van der Waals surface area (Å²) in [7, 11) is 0. The van der Waals surface area contributed by atoms with Crippen LogP contribution in [0, 0.1) is 5.92 Å². The fourth-order valence-corrected chi connectivity index (χ4v) is 6.52. The molecule has 1 saturated heterocycles. The molecule has 2 aromatic rings. The fourth-order valence-electron chi connectivity index (χ4n) is 6.52. The van der Waals surface area contributed by atoms with Gasteiger partial charge >= 0.3 is 6.09 Å². The molecule has 0 unspecified atom stereocenters. The molecule has 3 heterocycles. The minimum absolute atomic E-state index is 0.0666. The SMILES string of the molecule is CC(C)=CCC/C(C)=C/CN1C(=O)[C@@](O)([C@@H](C)/C=C/CC(=O)N2Cc3ccccc3C[C@H]2CO)c2cc(N3CCOC3=O)ccc21. The van der Waals surface area contributed by atoms with E-state index in [1.165, 1.54) is 10.5 Å². The van der Waals surface area contributed by atoms with E-state index in [1.54, 1.807) is 47.1 Å². The molecule has 3 amide bonds. The maximum absolute atomic E-state index is 14.1. The van der Waals surface area contributed by atoms with Crippen LogP contribution in [-0.2, 0) is 32.9 Å². The highest BCUT2D eigenvalue weighted by molar-refractivity contribution is 6.08. The topological polar surface area (TPSA) is 111 Å². The summed E-state index contributed by atoms with van der Waals surface area (Å²) in [6.45, 7) is 9.20. The van der Waals surface area contributed by atoms with Crippen molar-refractivity contribution in [3.05, 3.63) is 94.6 Å². The van der Waals surface area contributed by atoms with Gasteiger partial charge in [0.25, 0.3) is 5.91 Å². The molecule has 0 radical (unpaired) electrons. The van der Waals surface area contributed by atoms with E-state index < -0.39 is 23.5 Å². The van der Waals surface area contributed by atoms with Gasteiger partial charge in [-0.3, -0.25) is 14.5 Å². The second kappa shape index (κ2) is 14.1. The maximum Gasteiger partial charge on any atom is 0.414 e. The Kier molecular flexibility index (Phi) is 10.1. The predicted molar refractivity (Wildman–Crippen MR) is 178 cm³/mol. The number of fused-ring (bicyclic) bond motifs is 2. The highest BCUT2D eigenvalue weighted by atomic mass is 16.6. The first kappa shape index (κ1) is 33.2. The van der Waals surface area contributed by atoms with E-state index in [9.17, 15) is 24.6 Å². The lowest BCUT2D eigenvalue weighted by Crippen LogP contribution is -2.46. The highest BCUT2D eigenvalue weighted by Gasteiger charge is 2.52. The number of hydrogen-bond acceptors (Lipinski definition) is 6. The Labute approximate surface area is 271 Å². The summed E-state index contributed by atoms with van der Waals surface area (Å²) in [5, 5.41) is 22.2. The fraction of sp³-hybridized carbons (Fsp3) is 0.432. The van der Waals surface area contributed by atoms with Crippen molar-refractivity contribution < 1.29 is 29.3 Å². The van der Waals surface area contributed by atoms with Crippen LogP contribution in [-0.4, -0.2) is 65.4 Å². The van der Waals surface area contributed by atoms with E-state index in [0.29, 0.717) is 43.0 Å². The zero-order valence-corrected chi connectivity index (χ0v) is 27.2. The second-order valence-corrected chi connectivity index (χ2v) is 12.8. The minimum Gasteiger partial charge on any atom is -0.447 e. The largest absolute Gasteiger partial charge is 0.447 e. The molecule has 5 rings (SSSR count). The molecule has 0 aliphatic carbocycles. The number of nitrogens with zero attached hydrogens (tertiary/aromatic N) is 3. The van der Waals surface area contributed by atoms with E-state index in [-0.39, 0.29) is 31.6 Å². The monoisotopic (exact) mass is 627 g/mol. The summed E-state index contributed by atoms with van der Waals surface area (Å²) < 4.78 is 5.13. The lowest BCUT2D eigenvalue weighted by Gasteiger charge is -2.36. The van der Waals surface area contributed by atoms with Crippen molar-refractivity contribution in [2.75, 3.05) is 36.1 Å². The first-order valence-corrected chi connectivity index (χ1v) is 16.1. The molecular weight excluding hydrogens is 582 g/mol. The summed E-state index contributed by atoms with van der Waals surface area (Å²) in [6.07, 6.45) is 9.59. The number of amides is 3. The van der Waals surface area contributed by atoms with Crippen LogP contribution in [0.3, 0.4) is 0 Å². The number of ether oxygens (including phenoxy) is 1. The standard InChI is InChI=1S/C37H45N3O6/c1-25(2)9-7-10-26(3)17-18-39-33-16-15-30(38-19-20-46-36(38)44)22-32(33)37(45,35(39)43)27(4)11-8-14-34(42)40-23-29-13-6-5-12-28(29)21-31(40)24-41/h5-6,8-9,11-13,15-17,22,27,31,41,45H,7,10,14,18-21,23-24H2,1-4H3/b11-8+,26-17+/t27-,31-,37+/m0/s1. The Morgan fingerprint density at radius 2 is 1.87 bits per heavy atom. The summed E-state index contributed by atoms with van der Waals surface area (Å²) in [5.41, 5.74) is 4.27. The van der Waals surface area contributed by atoms with Crippen molar-refractivity contribution >= 4 is 29.3 Å². The van der Waals surface area contributed by atoms with E-state index in [0.717, 1.165) is 29.5 Å². The van der Waals surface area contributed by atoms with E-state index >= 15 is 0 Å². The molecule has 3 aliphatic rings. The lowest BCUT2D eigenvalue weighted by molar-refractivity contribution is -0.139. The number of cyclic esters (lactones) is 1. The van der Waals surface area contributed by atoms with Crippen molar-refractivity contribution in [3.8, 4) is 0 Å². The second-order valence-electron chi connectivity index (χ2n) is 12.8. The smallest absolute Gasteiger partial charge is 0.414 e. The van der Waals surface area contributed by atoms with Gasteiger partial charge in [-0.05, 0) is 69.4 Å². The van der Waals surface area contributed by atoms with Crippen molar-refractivity contribution in [2.45, 2.75) is 71.6 Å². The van der Waals surface area contributed by atoms with Crippen LogP contribution >= 0.6 is 0 Å². The van der Waals surface area contributed by atoms with Gasteiger partial charge in [0.05, 0.1) is 24.9 Å². The van der Waals surface area contributed by atoms with Gasteiger partial charge in [-0.15, -0.1) is 0 Å². The van der Waals surface area contributed by atoms with E-state index in [4.69, 9.17) is 4.74 Å². The number of allylic oxidation sites excluding steroid dienone is 3. The van der Waals surface area contributed by atoms with Crippen LogP contribution in [0.25, 0.3) is 0 Å². The van der Waals surface area contributed by atoms with Gasteiger partial charge < -0.3 is 24.7 Å². The third kappa shape index (κ3) is 6.66. The number of rotatable bonds is 11. The summed E-state index contributed by atoms with van der Waals surface area (Å²) in [4.78, 5) is 44.5. The average Bonchev–Trinajstić information content (AvgIpc) is 3.57. The van der Waals surface area contributed by atoms with Gasteiger partial charge in [-0.2, -0.15) is 0 Å². The number of carbonyl (C=O) groups is 3. The zero-order chi connectivity index (χ0) is 33.0. The van der Waals surface area contributed by atoms with Crippen LogP contribution in [0.4, 0.5) is 16.2 Å². The highest BCUT2D eigenvalue weighted by Crippen LogP contribution is 2.47. The Morgan fingerprint density at radius 3 is 2.57 bits per heavy atom. The predicted octanol–water partition coefficient (Wildman–Crippen LogP) is 5.40. The molecule has 1 fully saturated rings. The lowest BCUT2D eigenvalue weighted by atomic mass is 9.82. The third-order valence-electron chi connectivity index (χ3n) is 9.30. The normalized spacial score (nSPS) is 21.8. The van der Waals surface area contributed by atoms with Crippen molar-refractivity contribution in [2.24, 2.45) is 5.92 Å². The quantitative estimate of drug-likeness (QED) is 0.323. The number of anilines is 2. The maximum atomic E-state index is 14.1. The number of aliphatic hydroxyl groups excluding tert-OH is 1. The van der Waals surface area contributed by atoms with Crippen LogP contribution in [0.15, 0.2) is 77.9 Å². The van der Waals surface area contributed by atoms with Crippen molar-refractivity contribution in [1.82, 2.24) is 4.90 Å². The summed E-state index contributed by atoms with van der Waals surface area (Å²) >= 11 is 0. The van der Waals surface area contributed by atoms with Crippen molar-refractivity contribution in [3.63, 3.8) is 0 Å². The summed E-state index contributed by atoms with van der Waals surface area (Å²) in [6, 6.07) is 12.9. The average molecular weight is 628 g/mol. The van der Waals surface area contributed by atoms with Crippen LogP contribution in [0.2, 0.25) is 0 Å². The number of carbonyl (C=O) groups excluding carboxylic acids is 3. The number of hydrogen-bond donors (Lipinski definition) is 2. The number of aliphatic hydroxyl groups is 2. The molecule has 3 aliphatic heterocycles. The Morgan fingerprint density at radius 1 is 1.11 bits per heavy atom. The molecule has 9 nitrogen and oxygen atoms in total. The molecule has 0 saturated carbocycles. The molecule has 0 bridgehead atoms. The molecule has 244 valence electrons. The van der Waals surface area contributed by atoms with E-state index in [1.807, 2.05) is 37.3 Å². The molecule has 0 spiro atoms. The molecule has 0 aromatic heterocycles. The first-order chi connectivity index (χ1) is 22.0. The summed E-state index contributed by atoms with van der Waals surface area (Å²) in [5.74, 6) is -1.27. The van der Waals surface area contributed by atoms with E-state index in [2.05, 4.69) is 19.9 Å². The van der Waals surface area contributed by atoms with Crippen LogP contribution in [0.1, 0.15) is 63.6 Å².